The number of carbonyl (C=O) groups is 4. The number of nitrogens with one attached hydrogen (secondary N) is 3. The monoisotopic (exact) mass is 535 g/mol. The van der Waals surface area contributed by atoms with Crippen LogP contribution in [0.1, 0.15) is 39.2 Å². The van der Waals surface area contributed by atoms with Gasteiger partial charge in [0.2, 0.25) is 17.7 Å². The second-order valence-corrected chi connectivity index (χ2v) is 10.1. The predicted molar refractivity (Wildman–Crippen MR) is 139 cm³/mol. The van der Waals surface area contributed by atoms with E-state index in [1.807, 2.05) is 44.2 Å². The molecule has 1 unspecified atom stereocenters. The van der Waals surface area contributed by atoms with Crippen molar-refractivity contribution in [2.24, 2.45) is 5.92 Å². The van der Waals surface area contributed by atoms with Crippen LogP contribution in [0, 0.1) is 5.92 Å². The third-order valence-corrected chi connectivity index (χ3v) is 6.22. The summed E-state index contributed by atoms with van der Waals surface area (Å²) in [6.07, 6.45) is -0.290. The number of methoxy groups -OCH3 is 2. The van der Waals surface area contributed by atoms with Gasteiger partial charge in [-0.1, -0.05) is 44.2 Å². The van der Waals surface area contributed by atoms with Gasteiger partial charge < -0.3 is 35.3 Å². The maximum absolute atomic E-state index is 13.1. The number of aliphatic hydroxyl groups excluding tert-OH is 1. The normalized spacial score (nSPS) is 19.7. The molecule has 1 aromatic carbocycles. The van der Waals surface area contributed by atoms with Crippen LogP contribution in [0.3, 0.4) is 0 Å². The van der Waals surface area contributed by atoms with Crippen LogP contribution in [-0.2, 0) is 39.8 Å². The van der Waals surface area contributed by atoms with E-state index in [-0.39, 0.29) is 31.3 Å². The lowest BCUT2D eigenvalue weighted by Crippen LogP contribution is -2.59. The second kappa shape index (κ2) is 14.9. The molecule has 1 aliphatic rings. The average molecular weight is 536 g/mol. The first-order valence-electron chi connectivity index (χ1n) is 12.8. The molecule has 11 heteroatoms. The molecule has 0 bridgehead atoms. The van der Waals surface area contributed by atoms with Crippen LogP contribution in [0.2, 0.25) is 0 Å². The quantitative estimate of drug-likeness (QED) is 0.205. The lowest BCUT2D eigenvalue weighted by atomic mass is 9.93. The molecule has 1 aromatic rings. The molecule has 1 saturated heterocycles. The van der Waals surface area contributed by atoms with E-state index in [0.717, 1.165) is 5.56 Å². The van der Waals surface area contributed by atoms with Gasteiger partial charge in [0.15, 0.2) is 5.78 Å². The van der Waals surface area contributed by atoms with E-state index in [9.17, 15) is 24.3 Å². The third-order valence-electron chi connectivity index (χ3n) is 6.22. The number of epoxide rings is 1. The van der Waals surface area contributed by atoms with E-state index in [0.29, 0.717) is 19.4 Å². The van der Waals surface area contributed by atoms with Gasteiger partial charge >= 0.3 is 0 Å². The number of rotatable bonds is 17. The van der Waals surface area contributed by atoms with Crippen molar-refractivity contribution in [1.29, 1.82) is 0 Å². The molecule has 0 aliphatic carbocycles. The van der Waals surface area contributed by atoms with Crippen LogP contribution in [0.4, 0.5) is 0 Å². The molecule has 4 N–H and O–H groups in total. The number of hydrogen-bond donors (Lipinski definition) is 4. The summed E-state index contributed by atoms with van der Waals surface area (Å²) in [6.45, 7) is 5.49. The molecular weight excluding hydrogens is 494 g/mol. The van der Waals surface area contributed by atoms with Gasteiger partial charge in [-0.15, -0.1) is 0 Å². The number of aryl methyl sites for hydroxylation is 1. The van der Waals surface area contributed by atoms with Gasteiger partial charge in [-0.3, -0.25) is 19.2 Å². The zero-order chi connectivity index (χ0) is 28.3. The predicted octanol–water partition coefficient (Wildman–Crippen LogP) is 0.131. The SMILES string of the molecule is COC[C@H](NC(=O)[C@H](COC)NC(=O)[C@@H](O)CCc1ccccc1)C(=O)NC(CC(C)C)C(=O)[C@@]1(C)CO1. The van der Waals surface area contributed by atoms with E-state index >= 15 is 0 Å². The first-order valence-corrected chi connectivity index (χ1v) is 12.8. The first-order chi connectivity index (χ1) is 18.0. The number of benzene rings is 1. The lowest BCUT2D eigenvalue weighted by Gasteiger charge is -2.26. The summed E-state index contributed by atoms with van der Waals surface area (Å²) in [7, 11) is 2.74. The Balaban J connectivity index is 2.01. The minimum Gasteiger partial charge on any atom is -0.383 e. The van der Waals surface area contributed by atoms with Crippen LogP contribution in [0.5, 0.6) is 0 Å². The van der Waals surface area contributed by atoms with Gasteiger partial charge in [0.05, 0.1) is 25.9 Å². The van der Waals surface area contributed by atoms with Gasteiger partial charge in [0.1, 0.15) is 23.8 Å². The Morgan fingerprint density at radius 2 is 1.42 bits per heavy atom. The van der Waals surface area contributed by atoms with Crippen LogP contribution in [0.25, 0.3) is 0 Å². The number of ketones is 1. The smallest absolute Gasteiger partial charge is 0.249 e. The molecule has 0 spiro atoms. The van der Waals surface area contributed by atoms with E-state index < -0.39 is 47.6 Å². The van der Waals surface area contributed by atoms with Crippen molar-refractivity contribution in [3.63, 3.8) is 0 Å². The van der Waals surface area contributed by atoms with Gasteiger partial charge in [0, 0.05) is 14.2 Å². The molecule has 5 atom stereocenters. The fraction of sp³-hybridized carbons (Fsp3) is 0.630. The summed E-state index contributed by atoms with van der Waals surface area (Å²) in [5.74, 6) is -2.13. The van der Waals surface area contributed by atoms with Crippen molar-refractivity contribution in [3.8, 4) is 0 Å². The van der Waals surface area contributed by atoms with Crippen molar-refractivity contribution in [2.45, 2.75) is 69.9 Å². The number of Topliss-reactive ketones (excluding diaryl/α,β-unsaturated/α-hetero) is 1. The highest BCUT2D eigenvalue weighted by Crippen LogP contribution is 2.29. The zero-order valence-electron chi connectivity index (χ0n) is 22.8. The summed E-state index contributed by atoms with van der Waals surface area (Å²) in [4.78, 5) is 51.6. The third kappa shape index (κ3) is 9.79. The Kier molecular flexibility index (Phi) is 12.3. The highest BCUT2D eigenvalue weighted by molar-refractivity contribution is 5.98. The second-order valence-electron chi connectivity index (χ2n) is 10.1. The summed E-state index contributed by atoms with van der Waals surface area (Å²) >= 11 is 0. The zero-order valence-corrected chi connectivity index (χ0v) is 22.8. The van der Waals surface area contributed by atoms with Crippen LogP contribution in [0.15, 0.2) is 30.3 Å². The Bertz CT molecular complexity index is 936. The van der Waals surface area contributed by atoms with Crippen molar-refractivity contribution >= 4 is 23.5 Å². The molecule has 1 aliphatic heterocycles. The maximum atomic E-state index is 13.1. The Morgan fingerprint density at radius 3 is 1.89 bits per heavy atom. The molecule has 1 fully saturated rings. The van der Waals surface area contributed by atoms with Gasteiger partial charge in [-0.25, -0.2) is 0 Å². The summed E-state index contributed by atoms with van der Waals surface area (Å²) < 4.78 is 15.5. The summed E-state index contributed by atoms with van der Waals surface area (Å²) in [5, 5.41) is 18.1. The van der Waals surface area contributed by atoms with E-state index in [2.05, 4.69) is 16.0 Å². The number of carbonyl (C=O) groups excluding carboxylic acids is 4. The standard InChI is InChI=1S/C27H41N3O8/c1-17(2)13-19(23(32)27(3)16-38-27)28-24(33)20(14-36-4)29-25(34)21(15-37-5)30-26(35)22(31)12-11-18-9-7-6-8-10-18/h6-10,17,19-22,31H,11-16H2,1-5H3,(H,28,33)(H,29,34)(H,30,35)/t19?,20-,21-,22-,27+/m0/s1. The van der Waals surface area contributed by atoms with E-state index in [1.165, 1.54) is 14.2 Å². The number of amides is 3. The molecule has 11 nitrogen and oxygen atoms in total. The van der Waals surface area contributed by atoms with E-state index in [1.54, 1.807) is 6.92 Å². The molecule has 38 heavy (non-hydrogen) atoms. The fourth-order valence-electron chi connectivity index (χ4n) is 3.91. The highest BCUT2D eigenvalue weighted by Gasteiger charge is 2.50. The largest absolute Gasteiger partial charge is 0.383 e. The molecule has 1 heterocycles. The molecular formula is C27H41N3O8. The molecule has 0 saturated carbocycles. The lowest BCUT2D eigenvalue weighted by molar-refractivity contribution is -0.137. The topological polar surface area (TPSA) is 156 Å². The maximum Gasteiger partial charge on any atom is 0.249 e. The van der Waals surface area contributed by atoms with Gasteiger partial charge in [-0.05, 0) is 37.7 Å². The Morgan fingerprint density at radius 1 is 0.921 bits per heavy atom. The Hall–Kier alpha value is -2.86. The van der Waals surface area contributed by atoms with Crippen molar-refractivity contribution in [1.82, 2.24) is 16.0 Å². The molecule has 212 valence electrons. The summed E-state index contributed by atoms with van der Waals surface area (Å²) in [6, 6.07) is 6.30. The summed E-state index contributed by atoms with van der Waals surface area (Å²) in [5.41, 5.74) is 0.0534. The molecule has 3 amide bonds. The van der Waals surface area contributed by atoms with Crippen molar-refractivity contribution in [3.05, 3.63) is 35.9 Å². The molecule has 0 radical (unpaired) electrons. The van der Waals surface area contributed by atoms with Gasteiger partial charge in [-0.2, -0.15) is 0 Å². The van der Waals surface area contributed by atoms with Crippen LogP contribution < -0.4 is 16.0 Å². The molecule has 2 rings (SSSR count). The van der Waals surface area contributed by atoms with E-state index in [4.69, 9.17) is 14.2 Å². The van der Waals surface area contributed by atoms with Crippen molar-refractivity contribution in [2.75, 3.05) is 34.0 Å². The minimum atomic E-state index is -1.34. The van der Waals surface area contributed by atoms with Crippen LogP contribution >= 0.6 is 0 Å². The Labute approximate surface area is 224 Å². The number of aliphatic hydroxyl groups is 1. The molecule has 0 aromatic heterocycles. The highest BCUT2D eigenvalue weighted by atomic mass is 16.6. The van der Waals surface area contributed by atoms with Gasteiger partial charge in [0.25, 0.3) is 0 Å². The first kappa shape index (κ1) is 31.4. The average Bonchev–Trinajstić information content (AvgIpc) is 3.64. The minimum absolute atomic E-state index is 0.122. The van der Waals surface area contributed by atoms with Crippen LogP contribution in [-0.4, -0.2) is 92.5 Å². The number of hydrogen-bond acceptors (Lipinski definition) is 8. The number of ether oxygens (including phenoxy) is 3. The van der Waals surface area contributed by atoms with Crippen molar-refractivity contribution < 1.29 is 38.5 Å². The fourth-order valence-corrected chi connectivity index (χ4v) is 3.91.